The molecule has 1 rings (SSSR count). The molecule has 0 aromatic heterocycles. The smallest absolute Gasteiger partial charge is 0.338 e. The fourth-order valence-corrected chi connectivity index (χ4v) is 1.56. The van der Waals surface area contributed by atoms with Gasteiger partial charge >= 0.3 is 11.9 Å². The third kappa shape index (κ3) is 6.38. The first-order valence-corrected chi connectivity index (χ1v) is 7.09. The van der Waals surface area contributed by atoms with Gasteiger partial charge in [-0.1, -0.05) is 12.6 Å². The molecule has 5 nitrogen and oxygen atoms in total. The topological polar surface area (TPSA) is 61.8 Å². The van der Waals surface area contributed by atoms with E-state index in [1.165, 1.54) is 13.2 Å². The average molecular weight is 318 g/mol. The molecule has 0 amide bonds. The molecule has 0 heterocycles. The van der Waals surface area contributed by atoms with Crippen LogP contribution >= 0.6 is 0 Å². The van der Waals surface area contributed by atoms with Crippen molar-refractivity contribution in [2.24, 2.45) is 0 Å². The summed E-state index contributed by atoms with van der Waals surface area (Å²) in [7, 11) is 1.47. The summed E-state index contributed by atoms with van der Waals surface area (Å²) < 4.78 is 15.5. The predicted molar refractivity (Wildman–Crippen MR) is 88.3 cm³/mol. The molecule has 5 heteroatoms. The first-order valence-electron chi connectivity index (χ1n) is 7.09. The Bertz CT molecular complexity index is 635. The van der Waals surface area contributed by atoms with Crippen LogP contribution in [0.4, 0.5) is 0 Å². The monoisotopic (exact) mass is 318 g/mol. The normalized spacial score (nSPS) is 11.2. The van der Waals surface area contributed by atoms with Gasteiger partial charge in [0.15, 0.2) is 11.5 Å². The Balaban J connectivity index is 2.89. The van der Waals surface area contributed by atoms with Gasteiger partial charge in [-0.15, -0.1) is 0 Å². The van der Waals surface area contributed by atoms with Gasteiger partial charge in [-0.2, -0.15) is 0 Å². The third-order valence-electron chi connectivity index (χ3n) is 2.56. The number of rotatable bonds is 5. The van der Waals surface area contributed by atoms with Crippen molar-refractivity contribution in [2.45, 2.75) is 33.3 Å². The van der Waals surface area contributed by atoms with E-state index >= 15 is 0 Å². The van der Waals surface area contributed by atoms with Crippen molar-refractivity contribution < 1.29 is 23.8 Å². The molecule has 0 atom stereocenters. The van der Waals surface area contributed by atoms with Crippen LogP contribution in [-0.4, -0.2) is 24.6 Å². The number of benzene rings is 1. The Morgan fingerprint density at radius 3 is 2.35 bits per heavy atom. The van der Waals surface area contributed by atoms with Crippen LogP contribution in [0.5, 0.6) is 11.5 Å². The first-order chi connectivity index (χ1) is 10.6. The maximum Gasteiger partial charge on any atom is 0.338 e. The minimum atomic E-state index is -0.542. The number of methoxy groups -OCH3 is 1. The summed E-state index contributed by atoms with van der Waals surface area (Å²) in [6.45, 7) is 10.5. The predicted octanol–water partition coefficient (Wildman–Crippen LogP) is 3.53. The minimum absolute atomic E-state index is 0.287. The Hall–Kier alpha value is -2.56. The van der Waals surface area contributed by atoms with E-state index in [4.69, 9.17) is 14.2 Å². The fraction of sp³-hybridized carbons (Fsp3) is 0.333. The van der Waals surface area contributed by atoms with Gasteiger partial charge < -0.3 is 14.2 Å². The standard InChI is InChI=1S/C18H22O5/c1-12(2)17(20)22-14-9-7-13(11-15(14)21-6)8-10-16(19)23-18(3,4)5/h7-11H,1H2,2-6H3/b10-8+. The van der Waals surface area contributed by atoms with Gasteiger partial charge in [0, 0.05) is 11.6 Å². The molecule has 0 saturated heterocycles. The van der Waals surface area contributed by atoms with Crippen molar-refractivity contribution >= 4 is 18.0 Å². The van der Waals surface area contributed by atoms with Gasteiger partial charge in [0.2, 0.25) is 0 Å². The molecule has 124 valence electrons. The molecule has 0 aliphatic heterocycles. The number of esters is 2. The summed E-state index contributed by atoms with van der Waals surface area (Å²) >= 11 is 0. The van der Waals surface area contributed by atoms with Gasteiger partial charge in [-0.25, -0.2) is 9.59 Å². The Morgan fingerprint density at radius 1 is 1.17 bits per heavy atom. The molecule has 0 spiro atoms. The maximum atomic E-state index is 11.7. The summed E-state index contributed by atoms with van der Waals surface area (Å²) in [5.41, 5.74) is 0.462. The highest BCUT2D eigenvalue weighted by molar-refractivity contribution is 5.89. The quantitative estimate of drug-likeness (QED) is 0.472. The van der Waals surface area contributed by atoms with Crippen LogP contribution in [0.25, 0.3) is 6.08 Å². The summed E-state index contributed by atoms with van der Waals surface area (Å²) in [6.07, 6.45) is 2.93. The van der Waals surface area contributed by atoms with Gasteiger partial charge in [0.05, 0.1) is 7.11 Å². The van der Waals surface area contributed by atoms with Crippen molar-refractivity contribution in [1.82, 2.24) is 0 Å². The highest BCUT2D eigenvalue weighted by Crippen LogP contribution is 2.29. The lowest BCUT2D eigenvalue weighted by Gasteiger charge is -2.17. The molecule has 0 fully saturated rings. The van der Waals surface area contributed by atoms with Gasteiger partial charge in [-0.3, -0.25) is 0 Å². The number of carbonyl (C=O) groups excluding carboxylic acids is 2. The minimum Gasteiger partial charge on any atom is -0.493 e. The van der Waals surface area contributed by atoms with Gasteiger partial charge in [0.25, 0.3) is 0 Å². The zero-order valence-corrected chi connectivity index (χ0v) is 14.1. The number of hydrogen-bond donors (Lipinski definition) is 0. The molecule has 0 aliphatic rings. The van der Waals surface area contributed by atoms with Crippen molar-refractivity contribution in [1.29, 1.82) is 0 Å². The highest BCUT2D eigenvalue weighted by Gasteiger charge is 2.14. The third-order valence-corrected chi connectivity index (χ3v) is 2.56. The molecule has 1 aromatic carbocycles. The van der Waals surface area contributed by atoms with Crippen LogP contribution in [0.2, 0.25) is 0 Å². The highest BCUT2D eigenvalue weighted by atomic mass is 16.6. The van der Waals surface area contributed by atoms with Crippen LogP contribution in [-0.2, 0) is 14.3 Å². The molecule has 0 bridgehead atoms. The van der Waals surface area contributed by atoms with Crippen LogP contribution in [0.15, 0.2) is 36.4 Å². The first kappa shape index (κ1) is 18.5. The van der Waals surface area contributed by atoms with E-state index in [0.29, 0.717) is 16.9 Å². The molecule has 0 unspecified atom stereocenters. The Kier molecular flexibility index (Phi) is 6.13. The second-order valence-electron chi connectivity index (χ2n) is 5.95. The van der Waals surface area contributed by atoms with E-state index in [-0.39, 0.29) is 5.75 Å². The van der Waals surface area contributed by atoms with Crippen molar-refractivity contribution in [3.8, 4) is 11.5 Å². The van der Waals surface area contributed by atoms with Crippen molar-refractivity contribution in [2.75, 3.05) is 7.11 Å². The van der Waals surface area contributed by atoms with Crippen LogP contribution in [0, 0.1) is 0 Å². The molecular weight excluding hydrogens is 296 g/mol. The zero-order chi connectivity index (χ0) is 17.6. The van der Waals surface area contributed by atoms with Crippen LogP contribution in [0.1, 0.15) is 33.3 Å². The number of hydrogen-bond acceptors (Lipinski definition) is 5. The summed E-state index contributed by atoms with van der Waals surface area (Å²) in [5.74, 6) is -0.296. The average Bonchev–Trinajstić information content (AvgIpc) is 2.44. The van der Waals surface area contributed by atoms with Crippen LogP contribution in [0.3, 0.4) is 0 Å². The van der Waals surface area contributed by atoms with E-state index in [2.05, 4.69) is 6.58 Å². The number of carbonyl (C=O) groups is 2. The van der Waals surface area contributed by atoms with E-state index in [0.717, 1.165) is 0 Å². The van der Waals surface area contributed by atoms with E-state index in [9.17, 15) is 9.59 Å². The molecular formula is C18H22O5. The van der Waals surface area contributed by atoms with E-state index in [1.54, 1.807) is 52.0 Å². The lowest BCUT2D eigenvalue weighted by Crippen LogP contribution is -2.22. The lowest BCUT2D eigenvalue weighted by molar-refractivity contribution is -0.148. The van der Waals surface area contributed by atoms with E-state index < -0.39 is 17.5 Å². The van der Waals surface area contributed by atoms with E-state index in [1.807, 2.05) is 0 Å². The maximum absolute atomic E-state index is 11.7. The number of ether oxygens (including phenoxy) is 3. The Labute approximate surface area is 136 Å². The second-order valence-corrected chi connectivity index (χ2v) is 5.95. The fourth-order valence-electron chi connectivity index (χ4n) is 1.56. The molecule has 1 aromatic rings. The molecule has 0 N–H and O–H groups in total. The molecule has 0 radical (unpaired) electrons. The molecule has 0 aliphatic carbocycles. The van der Waals surface area contributed by atoms with Crippen molar-refractivity contribution in [3.05, 3.63) is 42.0 Å². The Morgan fingerprint density at radius 2 is 1.83 bits per heavy atom. The second kappa shape index (κ2) is 7.63. The zero-order valence-electron chi connectivity index (χ0n) is 14.1. The van der Waals surface area contributed by atoms with Gasteiger partial charge in [0.1, 0.15) is 5.60 Å². The lowest BCUT2D eigenvalue weighted by atomic mass is 10.1. The summed E-state index contributed by atoms with van der Waals surface area (Å²) in [5, 5.41) is 0. The van der Waals surface area contributed by atoms with Crippen LogP contribution < -0.4 is 9.47 Å². The molecule has 23 heavy (non-hydrogen) atoms. The molecule has 0 saturated carbocycles. The largest absolute Gasteiger partial charge is 0.493 e. The summed E-state index contributed by atoms with van der Waals surface area (Å²) in [4.78, 5) is 23.2. The van der Waals surface area contributed by atoms with Gasteiger partial charge in [-0.05, 0) is 51.5 Å². The van der Waals surface area contributed by atoms with Crippen molar-refractivity contribution in [3.63, 3.8) is 0 Å². The SMILES string of the molecule is C=C(C)C(=O)Oc1ccc(/C=C/C(=O)OC(C)(C)C)cc1OC. The summed E-state index contributed by atoms with van der Waals surface area (Å²) in [6, 6.07) is 4.95.